The molecule has 1 fully saturated rings. The number of esters is 1. The summed E-state index contributed by atoms with van der Waals surface area (Å²) >= 11 is 8.60. The van der Waals surface area contributed by atoms with Crippen molar-refractivity contribution in [2.24, 2.45) is 0 Å². The van der Waals surface area contributed by atoms with Crippen molar-refractivity contribution in [2.75, 3.05) is 24.7 Å². The van der Waals surface area contributed by atoms with Crippen molar-refractivity contribution in [1.82, 2.24) is 5.32 Å². The van der Waals surface area contributed by atoms with Gasteiger partial charge >= 0.3 is 5.97 Å². The number of thiocarbonyl (C=S) groups is 1. The van der Waals surface area contributed by atoms with Crippen LogP contribution in [0.15, 0.2) is 52.5 Å². The lowest BCUT2D eigenvalue weighted by Crippen LogP contribution is -2.54. The number of carbonyl (C=O) groups excluding carboxylic acids is 3. The number of hydrogen-bond donors (Lipinski definition) is 1. The molecule has 0 aliphatic carbocycles. The lowest BCUT2D eigenvalue weighted by Gasteiger charge is -2.29. The first-order chi connectivity index (χ1) is 15.8. The highest BCUT2D eigenvalue weighted by Crippen LogP contribution is 2.28. The van der Waals surface area contributed by atoms with Gasteiger partial charge in [-0.05, 0) is 90.0 Å². The summed E-state index contributed by atoms with van der Waals surface area (Å²) in [6.45, 7) is 4.14. The number of halogens is 1. The summed E-state index contributed by atoms with van der Waals surface area (Å²) < 4.78 is 16.2. The second kappa shape index (κ2) is 11.1. The molecule has 3 rings (SSSR count). The molecule has 0 radical (unpaired) electrons. The van der Waals surface area contributed by atoms with Crippen molar-refractivity contribution in [3.63, 3.8) is 0 Å². The maximum atomic E-state index is 13.1. The summed E-state index contributed by atoms with van der Waals surface area (Å²) in [7, 11) is 0. The van der Waals surface area contributed by atoms with Gasteiger partial charge in [0.2, 0.25) is 0 Å². The lowest BCUT2D eigenvalue weighted by atomic mass is 10.1. The minimum atomic E-state index is -0.592. The topological polar surface area (TPSA) is 94.2 Å². The van der Waals surface area contributed by atoms with E-state index >= 15 is 0 Å². The van der Waals surface area contributed by atoms with Gasteiger partial charge in [-0.3, -0.25) is 19.8 Å². The number of nitrogens with zero attached hydrogens (tertiary/aromatic N) is 1. The smallest absolute Gasteiger partial charge is 0.344 e. The maximum absolute atomic E-state index is 13.1. The van der Waals surface area contributed by atoms with Crippen LogP contribution in [-0.2, 0) is 19.1 Å². The molecule has 0 saturated carbocycles. The Kier molecular flexibility index (Phi) is 8.18. The van der Waals surface area contributed by atoms with E-state index in [0.717, 1.165) is 0 Å². The Bertz CT molecular complexity index is 1120. The quantitative estimate of drug-likeness (QED) is 0.240. The molecule has 0 atom stereocenters. The zero-order valence-electron chi connectivity index (χ0n) is 17.9. The largest absolute Gasteiger partial charge is 0.494 e. The predicted molar refractivity (Wildman–Crippen MR) is 130 cm³/mol. The summed E-state index contributed by atoms with van der Waals surface area (Å²) in [6, 6.07) is 11.8. The third-order valence-corrected chi connectivity index (χ3v) is 5.33. The van der Waals surface area contributed by atoms with Crippen molar-refractivity contribution >= 4 is 62.8 Å². The van der Waals surface area contributed by atoms with E-state index in [-0.39, 0.29) is 23.9 Å². The van der Waals surface area contributed by atoms with E-state index in [1.165, 1.54) is 11.0 Å². The second-order valence-corrected chi connectivity index (χ2v) is 7.91. The van der Waals surface area contributed by atoms with Gasteiger partial charge in [-0.2, -0.15) is 0 Å². The summed E-state index contributed by atoms with van der Waals surface area (Å²) in [5.74, 6) is -0.545. The number of nitrogens with one attached hydrogen (secondary N) is 1. The molecular weight excluding hydrogens is 512 g/mol. The summed E-state index contributed by atoms with van der Waals surface area (Å²) in [4.78, 5) is 38.4. The standard InChI is InChI=1S/C23H21BrN2O6S/c1-3-30-16-8-6-15(7-9-16)26-22(29)17(21(28)25-23(26)33)11-14-5-10-19(18(24)12-14)32-13-20(27)31-4-2/h5-12H,3-4,13H2,1-2H3,(H,25,28,33). The minimum Gasteiger partial charge on any atom is -0.494 e. The molecule has 0 unspecified atom stereocenters. The van der Waals surface area contributed by atoms with E-state index in [1.54, 1.807) is 49.4 Å². The van der Waals surface area contributed by atoms with E-state index in [4.69, 9.17) is 26.4 Å². The van der Waals surface area contributed by atoms with Gasteiger partial charge in [0.25, 0.3) is 11.8 Å². The Balaban J connectivity index is 1.82. The SMILES string of the molecule is CCOC(=O)COc1ccc(C=C2C(=O)NC(=S)N(c3ccc(OCC)cc3)C2=O)cc1Br. The third-order valence-electron chi connectivity index (χ3n) is 4.43. The number of anilines is 1. The van der Waals surface area contributed by atoms with Gasteiger partial charge in [-0.25, -0.2) is 4.79 Å². The molecule has 0 aromatic heterocycles. The molecule has 0 bridgehead atoms. The Morgan fingerprint density at radius 3 is 2.45 bits per heavy atom. The van der Waals surface area contributed by atoms with Gasteiger partial charge in [0, 0.05) is 0 Å². The zero-order chi connectivity index (χ0) is 24.0. The van der Waals surface area contributed by atoms with E-state index in [2.05, 4.69) is 21.2 Å². The van der Waals surface area contributed by atoms with Gasteiger partial charge in [-0.1, -0.05) is 6.07 Å². The molecule has 33 heavy (non-hydrogen) atoms. The normalized spacial score (nSPS) is 14.8. The summed E-state index contributed by atoms with van der Waals surface area (Å²) in [5, 5.41) is 2.54. The molecule has 1 aliphatic rings. The number of ether oxygens (including phenoxy) is 3. The zero-order valence-corrected chi connectivity index (χ0v) is 20.3. The van der Waals surface area contributed by atoms with Crippen molar-refractivity contribution < 1.29 is 28.6 Å². The van der Waals surface area contributed by atoms with Crippen LogP contribution < -0.4 is 19.7 Å². The molecule has 2 aromatic rings. The molecule has 10 heteroatoms. The van der Waals surface area contributed by atoms with Crippen molar-refractivity contribution in [3.8, 4) is 11.5 Å². The molecule has 1 N–H and O–H groups in total. The fourth-order valence-corrected chi connectivity index (χ4v) is 3.77. The number of hydrogen-bond acceptors (Lipinski definition) is 7. The molecule has 8 nitrogen and oxygen atoms in total. The van der Waals surface area contributed by atoms with E-state index < -0.39 is 17.8 Å². The van der Waals surface area contributed by atoms with Crippen LogP contribution in [-0.4, -0.2) is 42.7 Å². The first kappa shape index (κ1) is 24.4. The van der Waals surface area contributed by atoms with Crippen LogP contribution in [0.3, 0.4) is 0 Å². The maximum Gasteiger partial charge on any atom is 0.344 e. The van der Waals surface area contributed by atoms with Crippen LogP contribution in [0.4, 0.5) is 5.69 Å². The highest BCUT2D eigenvalue weighted by molar-refractivity contribution is 9.10. The Labute approximate surface area is 204 Å². The monoisotopic (exact) mass is 532 g/mol. The van der Waals surface area contributed by atoms with Crippen LogP contribution in [0.1, 0.15) is 19.4 Å². The number of benzene rings is 2. The van der Waals surface area contributed by atoms with Crippen LogP contribution in [0, 0.1) is 0 Å². The van der Waals surface area contributed by atoms with Gasteiger partial charge in [0.1, 0.15) is 17.1 Å². The molecule has 1 saturated heterocycles. The van der Waals surface area contributed by atoms with Crippen LogP contribution >= 0.6 is 28.1 Å². The predicted octanol–water partition coefficient (Wildman–Crippen LogP) is 3.62. The van der Waals surface area contributed by atoms with Crippen molar-refractivity contribution in [3.05, 3.63) is 58.1 Å². The number of carbonyl (C=O) groups is 3. The molecule has 0 spiro atoms. The van der Waals surface area contributed by atoms with Crippen LogP contribution in [0.2, 0.25) is 0 Å². The van der Waals surface area contributed by atoms with Crippen molar-refractivity contribution in [2.45, 2.75) is 13.8 Å². The average Bonchev–Trinajstić information content (AvgIpc) is 2.77. The second-order valence-electron chi connectivity index (χ2n) is 6.67. The summed E-state index contributed by atoms with van der Waals surface area (Å²) in [5.41, 5.74) is 0.996. The molecule has 2 amide bonds. The number of rotatable bonds is 8. The Hall–Kier alpha value is -3.24. The highest BCUT2D eigenvalue weighted by Gasteiger charge is 2.34. The molecule has 1 aliphatic heterocycles. The third kappa shape index (κ3) is 5.96. The number of amides is 2. The molecule has 1 heterocycles. The summed E-state index contributed by atoms with van der Waals surface area (Å²) in [6.07, 6.45) is 1.46. The molecule has 172 valence electrons. The fraction of sp³-hybridized carbons (Fsp3) is 0.217. The van der Waals surface area contributed by atoms with Gasteiger partial charge in [-0.15, -0.1) is 0 Å². The van der Waals surface area contributed by atoms with E-state index in [9.17, 15) is 14.4 Å². The van der Waals surface area contributed by atoms with Gasteiger partial charge < -0.3 is 14.2 Å². The van der Waals surface area contributed by atoms with E-state index in [1.807, 2.05) is 6.92 Å². The van der Waals surface area contributed by atoms with Gasteiger partial charge in [0.15, 0.2) is 11.7 Å². The fourth-order valence-electron chi connectivity index (χ4n) is 2.98. The van der Waals surface area contributed by atoms with Gasteiger partial charge in [0.05, 0.1) is 23.4 Å². The molecular formula is C23H21BrN2O6S. The lowest BCUT2D eigenvalue weighted by molar-refractivity contribution is -0.145. The first-order valence-corrected chi connectivity index (χ1v) is 11.3. The van der Waals surface area contributed by atoms with Crippen LogP contribution in [0.5, 0.6) is 11.5 Å². The Morgan fingerprint density at radius 1 is 1.09 bits per heavy atom. The minimum absolute atomic E-state index is 0.00444. The van der Waals surface area contributed by atoms with Crippen LogP contribution in [0.25, 0.3) is 6.08 Å². The van der Waals surface area contributed by atoms with E-state index in [0.29, 0.717) is 33.8 Å². The highest BCUT2D eigenvalue weighted by atomic mass is 79.9. The first-order valence-electron chi connectivity index (χ1n) is 10.1. The average molecular weight is 533 g/mol. The Morgan fingerprint density at radius 2 is 1.82 bits per heavy atom. The van der Waals surface area contributed by atoms with Crippen molar-refractivity contribution in [1.29, 1.82) is 0 Å². The molecule has 2 aromatic carbocycles.